The second-order valence-electron chi connectivity index (χ2n) is 7.96. The van der Waals surface area contributed by atoms with Crippen LogP contribution < -0.4 is 10.0 Å². The zero-order valence-electron chi connectivity index (χ0n) is 16.5. The van der Waals surface area contributed by atoms with Crippen LogP contribution in [-0.2, 0) is 21.4 Å². The van der Waals surface area contributed by atoms with Crippen LogP contribution in [0.3, 0.4) is 0 Å². The Kier molecular flexibility index (Phi) is 4.75. The molecule has 0 spiro atoms. The van der Waals surface area contributed by atoms with Gasteiger partial charge in [-0.25, -0.2) is 8.42 Å². The number of benzene rings is 2. The molecule has 3 aromatic rings. The predicted octanol–water partition coefficient (Wildman–Crippen LogP) is 2.61. The van der Waals surface area contributed by atoms with E-state index in [0.717, 1.165) is 23.7 Å². The van der Waals surface area contributed by atoms with Crippen LogP contribution in [0, 0.1) is 5.92 Å². The number of para-hydroxylation sites is 2. The lowest BCUT2D eigenvalue weighted by Gasteiger charge is -2.39. The molecule has 1 unspecified atom stereocenters. The van der Waals surface area contributed by atoms with E-state index in [9.17, 15) is 13.2 Å². The number of amides is 1. The molecule has 30 heavy (non-hydrogen) atoms. The van der Waals surface area contributed by atoms with Gasteiger partial charge in [-0.1, -0.05) is 30.3 Å². The van der Waals surface area contributed by atoms with E-state index >= 15 is 0 Å². The number of aromatic nitrogens is 1. The third-order valence-corrected chi connectivity index (χ3v) is 7.62. The summed E-state index contributed by atoms with van der Waals surface area (Å²) in [5.41, 5.74) is 1.69. The van der Waals surface area contributed by atoms with Crippen LogP contribution in [0.2, 0.25) is 0 Å². The van der Waals surface area contributed by atoms with E-state index in [-0.39, 0.29) is 22.9 Å². The number of carbonyl (C=O) groups is 1. The second kappa shape index (κ2) is 7.45. The van der Waals surface area contributed by atoms with E-state index in [2.05, 4.69) is 10.0 Å². The Morgan fingerprint density at radius 3 is 2.57 bits per heavy atom. The quantitative estimate of drug-likeness (QED) is 0.677. The second-order valence-corrected chi connectivity index (χ2v) is 9.64. The predicted molar refractivity (Wildman–Crippen MR) is 115 cm³/mol. The molecule has 2 N–H and O–H groups in total. The smallest absolute Gasteiger partial charge is 0.244 e. The molecule has 2 aromatic carbocycles. The molecule has 1 aromatic heterocycles. The lowest BCUT2D eigenvalue weighted by atomic mass is 9.93. The minimum absolute atomic E-state index is 0.0948. The number of carbonyl (C=O) groups excluding carboxylic acids is 1. The van der Waals surface area contributed by atoms with Gasteiger partial charge >= 0.3 is 0 Å². The Bertz CT molecular complexity index is 1200. The summed E-state index contributed by atoms with van der Waals surface area (Å²) in [5, 5.41) is 4.45. The molecule has 1 atom stereocenters. The summed E-state index contributed by atoms with van der Waals surface area (Å²) in [6, 6.07) is 17.0. The first-order valence-corrected chi connectivity index (χ1v) is 11.7. The van der Waals surface area contributed by atoms with Crippen LogP contribution in [-0.4, -0.2) is 43.0 Å². The standard InChI is InChI=1S/C22H24N4O3S/c27-21(15-26-14-9-16-5-1-3-7-19(16)26)25-12-10-17(11-13-25)22-23-18-6-2-4-8-20(18)30(28,29)24-22/h1-9,14,17,22-24H,10-13,15H2. The topological polar surface area (TPSA) is 83.4 Å². The van der Waals surface area contributed by atoms with Gasteiger partial charge in [0.2, 0.25) is 15.9 Å². The Labute approximate surface area is 175 Å². The van der Waals surface area contributed by atoms with Crippen molar-refractivity contribution in [2.45, 2.75) is 30.4 Å². The van der Waals surface area contributed by atoms with Gasteiger partial charge in [-0.2, -0.15) is 4.72 Å². The number of nitrogens with one attached hydrogen (secondary N) is 2. The van der Waals surface area contributed by atoms with Crippen LogP contribution in [0.15, 0.2) is 65.7 Å². The van der Waals surface area contributed by atoms with Crippen molar-refractivity contribution in [1.29, 1.82) is 0 Å². The van der Waals surface area contributed by atoms with Crippen molar-refractivity contribution in [3.05, 3.63) is 60.8 Å². The van der Waals surface area contributed by atoms with Crippen molar-refractivity contribution >= 4 is 32.5 Å². The number of nitrogens with zero attached hydrogens (tertiary/aromatic N) is 2. The molecule has 7 nitrogen and oxygen atoms in total. The Balaban J connectivity index is 1.23. The lowest BCUT2D eigenvalue weighted by Crippen LogP contribution is -2.52. The molecule has 1 fully saturated rings. The number of rotatable bonds is 3. The van der Waals surface area contributed by atoms with Crippen molar-refractivity contribution in [3.8, 4) is 0 Å². The van der Waals surface area contributed by atoms with Gasteiger partial charge in [0.05, 0.1) is 11.9 Å². The highest BCUT2D eigenvalue weighted by atomic mass is 32.2. The van der Waals surface area contributed by atoms with E-state index in [1.165, 1.54) is 0 Å². The summed E-state index contributed by atoms with van der Waals surface area (Å²) in [5.74, 6) is 0.224. The summed E-state index contributed by atoms with van der Waals surface area (Å²) in [4.78, 5) is 15.0. The highest BCUT2D eigenvalue weighted by Crippen LogP contribution is 2.30. The fourth-order valence-electron chi connectivity index (χ4n) is 4.47. The normalized spacial score (nSPS) is 21.2. The fourth-order valence-corrected chi connectivity index (χ4v) is 5.86. The molecule has 8 heteroatoms. The lowest BCUT2D eigenvalue weighted by molar-refractivity contribution is -0.133. The molecule has 156 valence electrons. The van der Waals surface area contributed by atoms with Gasteiger partial charge in [0.15, 0.2) is 0 Å². The van der Waals surface area contributed by atoms with Crippen molar-refractivity contribution in [2.24, 2.45) is 5.92 Å². The van der Waals surface area contributed by atoms with Gasteiger partial charge in [0.1, 0.15) is 11.4 Å². The largest absolute Gasteiger partial charge is 0.368 e. The van der Waals surface area contributed by atoms with Crippen LogP contribution in [0.5, 0.6) is 0 Å². The number of fused-ring (bicyclic) bond motifs is 2. The molecule has 0 bridgehead atoms. The maximum atomic E-state index is 12.8. The first-order chi connectivity index (χ1) is 14.5. The van der Waals surface area contributed by atoms with Crippen LogP contribution in [0.25, 0.3) is 10.9 Å². The van der Waals surface area contributed by atoms with E-state index < -0.39 is 10.0 Å². The molecule has 0 radical (unpaired) electrons. The maximum absolute atomic E-state index is 12.8. The van der Waals surface area contributed by atoms with Crippen LogP contribution >= 0.6 is 0 Å². The van der Waals surface area contributed by atoms with Gasteiger partial charge in [0.25, 0.3) is 0 Å². The van der Waals surface area contributed by atoms with E-state index in [1.54, 1.807) is 18.2 Å². The Hall–Kier alpha value is -2.84. The molecule has 2 aliphatic rings. The number of sulfonamides is 1. The van der Waals surface area contributed by atoms with Crippen LogP contribution in [0.1, 0.15) is 12.8 Å². The molecular formula is C22H24N4O3S. The summed E-state index contributed by atoms with van der Waals surface area (Å²) < 4.78 is 29.9. The van der Waals surface area contributed by atoms with Gasteiger partial charge < -0.3 is 14.8 Å². The summed E-state index contributed by atoms with van der Waals surface area (Å²) >= 11 is 0. The van der Waals surface area contributed by atoms with Gasteiger partial charge in [-0.05, 0) is 48.4 Å². The molecule has 3 heterocycles. The van der Waals surface area contributed by atoms with E-state index in [0.29, 0.717) is 25.3 Å². The monoisotopic (exact) mass is 424 g/mol. The van der Waals surface area contributed by atoms with E-state index in [1.807, 2.05) is 52.1 Å². The van der Waals surface area contributed by atoms with Gasteiger partial charge in [0, 0.05) is 24.8 Å². The van der Waals surface area contributed by atoms with Crippen molar-refractivity contribution in [2.75, 3.05) is 18.4 Å². The van der Waals surface area contributed by atoms with Crippen molar-refractivity contribution in [1.82, 2.24) is 14.2 Å². The number of anilines is 1. The average molecular weight is 425 g/mol. The highest BCUT2D eigenvalue weighted by Gasteiger charge is 2.35. The van der Waals surface area contributed by atoms with Gasteiger partial charge in [-0.15, -0.1) is 0 Å². The number of likely N-dealkylation sites (tertiary alicyclic amines) is 1. The zero-order chi connectivity index (χ0) is 20.7. The first-order valence-electron chi connectivity index (χ1n) is 10.2. The van der Waals surface area contributed by atoms with Crippen molar-refractivity contribution in [3.63, 3.8) is 0 Å². The third kappa shape index (κ3) is 3.46. The summed E-state index contributed by atoms with van der Waals surface area (Å²) in [7, 11) is -3.52. The molecule has 0 saturated carbocycles. The molecule has 0 aliphatic carbocycles. The molecule has 1 amide bonds. The molecule has 1 saturated heterocycles. The minimum Gasteiger partial charge on any atom is -0.368 e. The SMILES string of the molecule is O=C(Cn1ccc2ccccc21)N1CCC(C2Nc3ccccc3S(=O)(=O)N2)CC1. The minimum atomic E-state index is -3.52. The zero-order valence-corrected chi connectivity index (χ0v) is 17.3. The third-order valence-electron chi connectivity index (χ3n) is 6.12. The highest BCUT2D eigenvalue weighted by molar-refractivity contribution is 7.89. The summed E-state index contributed by atoms with van der Waals surface area (Å²) in [6.45, 7) is 1.58. The van der Waals surface area contributed by atoms with Gasteiger partial charge in [-0.3, -0.25) is 4.79 Å². The Morgan fingerprint density at radius 2 is 1.73 bits per heavy atom. The number of hydrogen-bond donors (Lipinski definition) is 2. The summed E-state index contributed by atoms with van der Waals surface area (Å²) in [6.07, 6.45) is 3.10. The van der Waals surface area contributed by atoms with Crippen LogP contribution in [0.4, 0.5) is 5.69 Å². The average Bonchev–Trinajstić information content (AvgIpc) is 3.16. The first kappa shape index (κ1) is 19.1. The van der Waals surface area contributed by atoms with Crippen molar-refractivity contribution < 1.29 is 13.2 Å². The number of hydrogen-bond acceptors (Lipinski definition) is 4. The fraction of sp³-hybridized carbons (Fsp3) is 0.318. The Morgan fingerprint density at radius 1 is 1.00 bits per heavy atom. The van der Waals surface area contributed by atoms with E-state index in [4.69, 9.17) is 0 Å². The molecule has 2 aliphatic heterocycles. The number of piperidine rings is 1. The molecule has 5 rings (SSSR count). The maximum Gasteiger partial charge on any atom is 0.244 e. The molecular weight excluding hydrogens is 400 g/mol.